The SMILES string of the molecule is C=C(Br)CNc1cncc(N(C)C)n1. The summed E-state index contributed by atoms with van der Waals surface area (Å²) >= 11 is 3.26. The van der Waals surface area contributed by atoms with Crippen LogP contribution in [0.25, 0.3) is 0 Å². The quantitative estimate of drug-likeness (QED) is 0.893. The van der Waals surface area contributed by atoms with Gasteiger partial charge in [-0.2, -0.15) is 0 Å². The minimum Gasteiger partial charge on any atom is -0.364 e. The monoisotopic (exact) mass is 256 g/mol. The predicted molar refractivity (Wildman–Crippen MR) is 62.9 cm³/mol. The number of nitrogens with zero attached hydrogens (tertiary/aromatic N) is 3. The van der Waals surface area contributed by atoms with Crippen LogP contribution in [-0.4, -0.2) is 30.6 Å². The van der Waals surface area contributed by atoms with Gasteiger partial charge in [-0.3, -0.25) is 4.98 Å². The number of nitrogens with one attached hydrogen (secondary N) is 1. The second-order valence-electron chi connectivity index (χ2n) is 3.03. The fourth-order valence-electron chi connectivity index (χ4n) is 0.843. The summed E-state index contributed by atoms with van der Waals surface area (Å²) in [6.07, 6.45) is 3.40. The predicted octanol–water partition coefficient (Wildman–Crippen LogP) is 1.86. The highest BCUT2D eigenvalue weighted by atomic mass is 79.9. The molecule has 0 aliphatic rings. The molecule has 0 aromatic carbocycles. The zero-order valence-electron chi connectivity index (χ0n) is 8.29. The molecule has 14 heavy (non-hydrogen) atoms. The van der Waals surface area contributed by atoms with E-state index in [1.807, 2.05) is 19.0 Å². The van der Waals surface area contributed by atoms with Gasteiger partial charge in [0.1, 0.15) is 11.6 Å². The van der Waals surface area contributed by atoms with Gasteiger partial charge >= 0.3 is 0 Å². The van der Waals surface area contributed by atoms with Crippen LogP contribution < -0.4 is 10.2 Å². The summed E-state index contributed by atoms with van der Waals surface area (Å²) in [4.78, 5) is 10.3. The summed E-state index contributed by atoms with van der Waals surface area (Å²) in [7, 11) is 3.86. The van der Waals surface area contributed by atoms with Crippen molar-refractivity contribution >= 4 is 27.6 Å². The molecule has 76 valence electrons. The van der Waals surface area contributed by atoms with Crippen LogP contribution in [0.15, 0.2) is 23.5 Å². The van der Waals surface area contributed by atoms with Gasteiger partial charge in [0.2, 0.25) is 0 Å². The molecule has 1 aromatic heterocycles. The van der Waals surface area contributed by atoms with Crippen molar-refractivity contribution in [2.75, 3.05) is 30.9 Å². The molecule has 0 unspecified atom stereocenters. The molecule has 1 rings (SSSR count). The third-order valence-corrected chi connectivity index (χ3v) is 1.82. The Kier molecular flexibility index (Phi) is 3.88. The zero-order valence-corrected chi connectivity index (χ0v) is 9.87. The first-order chi connectivity index (χ1) is 6.59. The molecule has 0 radical (unpaired) electrons. The van der Waals surface area contributed by atoms with Crippen LogP contribution in [0.4, 0.5) is 11.6 Å². The van der Waals surface area contributed by atoms with Gasteiger partial charge in [0.05, 0.1) is 12.4 Å². The van der Waals surface area contributed by atoms with E-state index in [2.05, 4.69) is 37.8 Å². The molecule has 1 heterocycles. The summed E-state index contributed by atoms with van der Waals surface area (Å²) in [5.74, 6) is 1.58. The van der Waals surface area contributed by atoms with Crippen LogP contribution in [0.1, 0.15) is 0 Å². The van der Waals surface area contributed by atoms with Crippen molar-refractivity contribution in [3.63, 3.8) is 0 Å². The average Bonchev–Trinajstić information content (AvgIpc) is 2.15. The lowest BCUT2D eigenvalue weighted by Gasteiger charge is -2.11. The van der Waals surface area contributed by atoms with Crippen molar-refractivity contribution in [3.8, 4) is 0 Å². The molecule has 0 spiro atoms. The summed E-state index contributed by atoms with van der Waals surface area (Å²) < 4.78 is 0.884. The number of anilines is 2. The van der Waals surface area contributed by atoms with Gasteiger partial charge in [0.25, 0.3) is 0 Å². The van der Waals surface area contributed by atoms with Crippen LogP contribution >= 0.6 is 15.9 Å². The highest BCUT2D eigenvalue weighted by molar-refractivity contribution is 9.11. The van der Waals surface area contributed by atoms with Crippen molar-refractivity contribution in [2.45, 2.75) is 0 Å². The van der Waals surface area contributed by atoms with E-state index >= 15 is 0 Å². The Labute approximate surface area is 92.2 Å². The first kappa shape index (κ1) is 11.0. The Morgan fingerprint density at radius 1 is 1.57 bits per heavy atom. The maximum atomic E-state index is 4.33. The average molecular weight is 257 g/mol. The lowest BCUT2D eigenvalue weighted by molar-refractivity contribution is 1.03. The maximum Gasteiger partial charge on any atom is 0.149 e. The fraction of sp³-hybridized carbons (Fsp3) is 0.333. The molecule has 1 aromatic rings. The van der Waals surface area contributed by atoms with Gasteiger partial charge in [-0.1, -0.05) is 22.5 Å². The third-order valence-electron chi connectivity index (χ3n) is 1.54. The standard InChI is InChI=1S/C9H13BrN4/c1-7(10)4-12-8-5-11-6-9(13-8)14(2)3/h5-6H,1,4H2,2-3H3,(H,12,13). The van der Waals surface area contributed by atoms with Crippen LogP contribution in [0.2, 0.25) is 0 Å². The number of halogens is 1. The third kappa shape index (κ3) is 3.33. The first-order valence-electron chi connectivity index (χ1n) is 4.16. The molecule has 1 N–H and O–H groups in total. The van der Waals surface area contributed by atoms with Crippen molar-refractivity contribution in [3.05, 3.63) is 23.5 Å². The van der Waals surface area contributed by atoms with E-state index in [9.17, 15) is 0 Å². The zero-order chi connectivity index (χ0) is 10.6. The van der Waals surface area contributed by atoms with Crippen LogP contribution in [0.3, 0.4) is 0 Å². The van der Waals surface area contributed by atoms with Crippen LogP contribution in [0, 0.1) is 0 Å². The highest BCUT2D eigenvalue weighted by Crippen LogP contribution is 2.10. The van der Waals surface area contributed by atoms with E-state index < -0.39 is 0 Å². The van der Waals surface area contributed by atoms with E-state index in [1.165, 1.54) is 0 Å². The number of rotatable bonds is 4. The summed E-state index contributed by atoms with van der Waals surface area (Å²) in [6, 6.07) is 0. The molecule has 0 aliphatic heterocycles. The molecule has 0 saturated carbocycles. The Hall–Kier alpha value is -1.10. The van der Waals surface area contributed by atoms with Crippen molar-refractivity contribution < 1.29 is 0 Å². The smallest absolute Gasteiger partial charge is 0.149 e. The summed E-state index contributed by atoms with van der Waals surface area (Å²) in [5.41, 5.74) is 0. The van der Waals surface area contributed by atoms with Crippen molar-refractivity contribution in [2.24, 2.45) is 0 Å². The molecule has 0 amide bonds. The molecule has 0 atom stereocenters. The number of hydrogen-bond acceptors (Lipinski definition) is 4. The second kappa shape index (κ2) is 4.95. The van der Waals surface area contributed by atoms with Gasteiger partial charge in [-0.05, 0) is 0 Å². The highest BCUT2D eigenvalue weighted by Gasteiger charge is 1.99. The fourth-order valence-corrected chi connectivity index (χ4v) is 0.983. The van der Waals surface area contributed by atoms with E-state index in [-0.39, 0.29) is 0 Å². The van der Waals surface area contributed by atoms with Gasteiger partial charge < -0.3 is 10.2 Å². The Bertz CT molecular complexity index is 324. The lowest BCUT2D eigenvalue weighted by Crippen LogP contribution is -2.12. The Morgan fingerprint density at radius 3 is 2.86 bits per heavy atom. The molecule has 4 nitrogen and oxygen atoms in total. The number of hydrogen-bond donors (Lipinski definition) is 1. The second-order valence-corrected chi connectivity index (χ2v) is 4.15. The minimum atomic E-state index is 0.644. The van der Waals surface area contributed by atoms with E-state index in [4.69, 9.17) is 0 Å². The Morgan fingerprint density at radius 2 is 2.29 bits per heavy atom. The molecule has 0 bridgehead atoms. The summed E-state index contributed by atoms with van der Waals surface area (Å²) in [6.45, 7) is 4.37. The molecule has 5 heteroatoms. The van der Waals surface area contributed by atoms with E-state index in [0.29, 0.717) is 6.54 Å². The summed E-state index contributed by atoms with van der Waals surface area (Å²) in [5, 5.41) is 3.09. The molecule has 0 aliphatic carbocycles. The molecule has 0 fully saturated rings. The Balaban J connectivity index is 2.68. The van der Waals surface area contributed by atoms with Crippen LogP contribution in [0.5, 0.6) is 0 Å². The maximum absolute atomic E-state index is 4.33. The molecular weight excluding hydrogens is 244 g/mol. The van der Waals surface area contributed by atoms with E-state index in [0.717, 1.165) is 16.1 Å². The van der Waals surface area contributed by atoms with Crippen molar-refractivity contribution in [1.82, 2.24) is 9.97 Å². The van der Waals surface area contributed by atoms with Crippen LogP contribution in [-0.2, 0) is 0 Å². The lowest BCUT2D eigenvalue weighted by atomic mass is 10.5. The molecule has 0 saturated heterocycles. The largest absolute Gasteiger partial charge is 0.364 e. The van der Waals surface area contributed by atoms with Gasteiger partial charge in [-0.15, -0.1) is 0 Å². The van der Waals surface area contributed by atoms with E-state index in [1.54, 1.807) is 12.4 Å². The normalized spacial score (nSPS) is 9.64. The van der Waals surface area contributed by atoms with Crippen molar-refractivity contribution in [1.29, 1.82) is 0 Å². The van der Waals surface area contributed by atoms with Gasteiger partial charge in [0, 0.05) is 25.1 Å². The number of aromatic nitrogens is 2. The minimum absolute atomic E-state index is 0.644. The first-order valence-corrected chi connectivity index (χ1v) is 4.95. The molecular formula is C9H13BrN4. The van der Waals surface area contributed by atoms with Gasteiger partial charge in [0.15, 0.2) is 0 Å². The van der Waals surface area contributed by atoms with Gasteiger partial charge in [-0.25, -0.2) is 4.98 Å². The topological polar surface area (TPSA) is 41.1 Å².